The number of nitrogen functional groups attached to an aromatic ring is 1. The van der Waals surface area contributed by atoms with E-state index >= 15 is 0 Å². The number of nitrogens with two attached hydrogens (primary N) is 1. The van der Waals surface area contributed by atoms with Gasteiger partial charge in [-0.25, -0.2) is 9.50 Å². The number of amides is 1. The highest BCUT2D eigenvalue weighted by atomic mass is 19.4. The van der Waals surface area contributed by atoms with E-state index in [2.05, 4.69) is 20.5 Å². The molecule has 0 saturated carbocycles. The fraction of sp³-hybridized carbons (Fsp3) is 0.120. The lowest BCUT2D eigenvalue weighted by Gasteiger charge is -2.11. The Balaban J connectivity index is 1.48. The molecule has 12 heteroatoms. The quantitative estimate of drug-likeness (QED) is 0.350. The van der Waals surface area contributed by atoms with Crippen molar-refractivity contribution in [1.29, 1.82) is 0 Å². The number of benzene rings is 2. The Kier molecular flexibility index (Phi) is 5.99. The van der Waals surface area contributed by atoms with Crippen LogP contribution in [0.1, 0.15) is 21.5 Å². The predicted octanol–water partition coefficient (Wildman–Crippen LogP) is 4.50. The van der Waals surface area contributed by atoms with Crippen molar-refractivity contribution in [2.75, 3.05) is 18.2 Å². The van der Waals surface area contributed by atoms with Crippen molar-refractivity contribution in [2.24, 2.45) is 0 Å². The number of rotatable bonds is 6. The number of anilines is 2. The number of halogens is 3. The minimum Gasteiger partial charge on any atom is -0.496 e. The lowest BCUT2D eigenvalue weighted by molar-refractivity contribution is -0.136. The fourth-order valence-corrected chi connectivity index (χ4v) is 4.02. The smallest absolute Gasteiger partial charge is 0.418 e. The van der Waals surface area contributed by atoms with Gasteiger partial charge in [-0.15, -0.1) is 0 Å². The summed E-state index contributed by atoms with van der Waals surface area (Å²) in [4.78, 5) is 16.9. The molecule has 0 saturated heterocycles. The van der Waals surface area contributed by atoms with E-state index in [-0.39, 0.29) is 28.3 Å². The minimum atomic E-state index is -4.69. The molecule has 188 valence electrons. The molecular formula is C25H20F3N7O2. The van der Waals surface area contributed by atoms with Gasteiger partial charge in [0.05, 0.1) is 42.4 Å². The Morgan fingerprint density at radius 2 is 1.89 bits per heavy atom. The Labute approximate surface area is 208 Å². The van der Waals surface area contributed by atoms with E-state index in [1.807, 2.05) is 30.3 Å². The first-order valence-corrected chi connectivity index (χ1v) is 11.0. The van der Waals surface area contributed by atoms with E-state index in [0.29, 0.717) is 17.8 Å². The maximum Gasteiger partial charge on any atom is 0.418 e. The third kappa shape index (κ3) is 4.68. The minimum absolute atomic E-state index is 0.0869. The second kappa shape index (κ2) is 9.30. The Morgan fingerprint density at radius 1 is 1.11 bits per heavy atom. The van der Waals surface area contributed by atoms with Crippen LogP contribution in [0.4, 0.5) is 24.7 Å². The van der Waals surface area contributed by atoms with Gasteiger partial charge in [0.25, 0.3) is 5.91 Å². The van der Waals surface area contributed by atoms with Crippen LogP contribution in [0.3, 0.4) is 0 Å². The molecule has 0 atom stereocenters. The number of ether oxygens (including phenoxy) is 1. The number of carbonyl (C=O) groups excluding carboxylic acids is 1. The summed E-state index contributed by atoms with van der Waals surface area (Å²) < 4.78 is 49.2. The summed E-state index contributed by atoms with van der Waals surface area (Å²) in [5.41, 5.74) is 6.39. The molecule has 0 aliphatic carbocycles. The van der Waals surface area contributed by atoms with Gasteiger partial charge in [-0.3, -0.25) is 9.48 Å². The lowest BCUT2D eigenvalue weighted by atomic mass is 10.1. The zero-order chi connectivity index (χ0) is 26.2. The summed E-state index contributed by atoms with van der Waals surface area (Å²) in [7, 11) is 1.39. The van der Waals surface area contributed by atoms with E-state index in [4.69, 9.17) is 10.5 Å². The van der Waals surface area contributed by atoms with Crippen LogP contribution >= 0.6 is 0 Å². The fourth-order valence-electron chi connectivity index (χ4n) is 4.02. The molecule has 37 heavy (non-hydrogen) atoms. The van der Waals surface area contributed by atoms with Crippen molar-refractivity contribution in [1.82, 2.24) is 24.4 Å². The number of methoxy groups -OCH3 is 1. The monoisotopic (exact) mass is 507 g/mol. The maximum absolute atomic E-state index is 13.7. The summed E-state index contributed by atoms with van der Waals surface area (Å²) in [6.07, 6.45) is -0.435. The summed E-state index contributed by atoms with van der Waals surface area (Å²) in [5, 5.41) is 11.0. The van der Waals surface area contributed by atoms with E-state index < -0.39 is 17.6 Å². The van der Waals surface area contributed by atoms with Gasteiger partial charge in [0, 0.05) is 11.8 Å². The molecular weight excluding hydrogens is 487 g/mol. The summed E-state index contributed by atoms with van der Waals surface area (Å²) in [5.74, 6) is -0.597. The van der Waals surface area contributed by atoms with Crippen LogP contribution in [0.2, 0.25) is 0 Å². The van der Waals surface area contributed by atoms with Crippen molar-refractivity contribution >= 4 is 22.9 Å². The second-order valence-electron chi connectivity index (χ2n) is 8.13. The Morgan fingerprint density at radius 3 is 2.62 bits per heavy atom. The average molecular weight is 507 g/mol. The molecule has 5 aromatic rings. The van der Waals surface area contributed by atoms with E-state index in [1.54, 1.807) is 10.9 Å². The van der Waals surface area contributed by atoms with Crippen LogP contribution in [-0.4, -0.2) is 37.4 Å². The molecule has 3 N–H and O–H groups in total. The lowest BCUT2D eigenvalue weighted by Crippen LogP contribution is -2.13. The van der Waals surface area contributed by atoms with Gasteiger partial charge in [0.15, 0.2) is 5.82 Å². The average Bonchev–Trinajstić information content (AvgIpc) is 3.49. The maximum atomic E-state index is 13.7. The van der Waals surface area contributed by atoms with E-state index in [9.17, 15) is 18.0 Å². The molecule has 5 rings (SSSR count). The predicted molar refractivity (Wildman–Crippen MR) is 130 cm³/mol. The van der Waals surface area contributed by atoms with Crippen LogP contribution in [0.5, 0.6) is 5.75 Å². The van der Waals surface area contributed by atoms with Crippen molar-refractivity contribution in [2.45, 2.75) is 12.7 Å². The molecule has 0 aliphatic rings. The first-order valence-electron chi connectivity index (χ1n) is 11.0. The van der Waals surface area contributed by atoms with E-state index in [0.717, 1.165) is 22.5 Å². The molecule has 0 fully saturated rings. The molecule has 9 nitrogen and oxygen atoms in total. The number of nitrogens with one attached hydrogen (secondary N) is 1. The second-order valence-corrected chi connectivity index (χ2v) is 8.13. The number of alkyl halides is 3. The van der Waals surface area contributed by atoms with Crippen LogP contribution in [0, 0.1) is 0 Å². The number of nitrogens with zero attached hydrogens (tertiary/aromatic N) is 5. The number of hydrogen-bond donors (Lipinski definition) is 2. The van der Waals surface area contributed by atoms with Crippen LogP contribution in [0.25, 0.3) is 16.8 Å². The van der Waals surface area contributed by atoms with Gasteiger partial charge in [-0.2, -0.15) is 23.4 Å². The molecule has 2 aromatic carbocycles. The van der Waals surface area contributed by atoms with E-state index in [1.165, 1.54) is 31.5 Å². The van der Waals surface area contributed by atoms with Crippen molar-refractivity contribution in [3.05, 3.63) is 90.0 Å². The number of aromatic nitrogens is 5. The van der Waals surface area contributed by atoms with Crippen molar-refractivity contribution < 1.29 is 22.7 Å². The first-order chi connectivity index (χ1) is 17.7. The van der Waals surface area contributed by atoms with Crippen LogP contribution in [0.15, 0.2) is 73.3 Å². The molecule has 0 spiro atoms. The zero-order valence-corrected chi connectivity index (χ0v) is 19.4. The topological polar surface area (TPSA) is 112 Å². The van der Waals surface area contributed by atoms with Gasteiger partial charge >= 0.3 is 6.18 Å². The van der Waals surface area contributed by atoms with Gasteiger partial charge in [0.1, 0.15) is 17.6 Å². The third-order valence-electron chi connectivity index (χ3n) is 5.71. The molecule has 0 radical (unpaired) electrons. The van der Waals surface area contributed by atoms with Gasteiger partial charge < -0.3 is 15.8 Å². The van der Waals surface area contributed by atoms with Crippen molar-refractivity contribution in [3.63, 3.8) is 0 Å². The first kappa shape index (κ1) is 23.9. The molecule has 0 bridgehead atoms. The zero-order valence-electron chi connectivity index (χ0n) is 19.4. The highest BCUT2D eigenvalue weighted by molar-refractivity contribution is 6.06. The normalized spacial score (nSPS) is 11.6. The van der Waals surface area contributed by atoms with Gasteiger partial charge in [-0.05, 0) is 29.8 Å². The van der Waals surface area contributed by atoms with Gasteiger partial charge in [-0.1, -0.05) is 30.3 Å². The SMILES string of the molecule is COc1ccc(-c2cc(C(F)(F)F)c3c(N)ncnn23)cc1C(=O)Nc1cnn(Cc2ccccc2)c1. The molecule has 0 aliphatic heterocycles. The Bertz CT molecular complexity index is 1590. The van der Waals surface area contributed by atoms with Crippen molar-refractivity contribution in [3.8, 4) is 17.0 Å². The van der Waals surface area contributed by atoms with Crippen LogP contribution in [-0.2, 0) is 12.7 Å². The summed E-state index contributed by atoms with van der Waals surface area (Å²) >= 11 is 0. The number of carbonyl (C=O) groups is 1. The molecule has 0 unspecified atom stereocenters. The summed E-state index contributed by atoms with van der Waals surface area (Å²) in [6, 6.07) is 15.1. The number of fused-ring (bicyclic) bond motifs is 1. The summed E-state index contributed by atoms with van der Waals surface area (Å²) in [6.45, 7) is 0.517. The van der Waals surface area contributed by atoms with Gasteiger partial charge in [0.2, 0.25) is 0 Å². The molecule has 3 heterocycles. The highest BCUT2D eigenvalue weighted by Crippen LogP contribution is 2.39. The highest BCUT2D eigenvalue weighted by Gasteiger charge is 2.36. The molecule has 1 amide bonds. The third-order valence-corrected chi connectivity index (χ3v) is 5.71. The Hall–Kier alpha value is -4.87. The standard InChI is InChI=1S/C25H20F3N7O2/c1-37-21-8-7-16(20-10-19(25(26,27)28)22-23(29)30-14-32-35(20)22)9-18(21)24(36)33-17-11-31-34(13-17)12-15-5-3-2-4-6-15/h2-11,13-14H,12H2,1H3,(H,33,36)(H2,29,30,32). The molecule has 3 aromatic heterocycles. The number of hydrogen-bond acceptors (Lipinski definition) is 6. The van der Waals surface area contributed by atoms with Crippen LogP contribution < -0.4 is 15.8 Å². The largest absolute Gasteiger partial charge is 0.496 e.